The predicted octanol–water partition coefficient (Wildman–Crippen LogP) is 1.40. The van der Waals surface area contributed by atoms with E-state index in [0.717, 1.165) is 24.4 Å². The fourth-order valence-corrected chi connectivity index (χ4v) is 1.06. The molecule has 0 aromatic heterocycles. The molecule has 15 heavy (non-hydrogen) atoms. The van der Waals surface area contributed by atoms with Crippen LogP contribution in [-0.2, 0) is 0 Å². The van der Waals surface area contributed by atoms with Gasteiger partial charge in [0.05, 0.1) is 5.56 Å². The van der Waals surface area contributed by atoms with Crippen molar-refractivity contribution in [2.24, 2.45) is 5.73 Å². The average molecular weight is 223 g/mol. The molecule has 1 aromatic carbocycles. The van der Waals surface area contributed by atoms with Crippen molar-refractivity contribution in [1.29, 1.82) is 5.26 Å². The summed E-state index contributed by atoms with van der Waals surface area (Å²) in [5, 5.41) is 11.4. The first-order chi connectivity index (χ1) is 7.26. The summed E-state index contributed by atoms with van der Waals surface area (Å²) in [5.41, 5.74) is 5.80. The highest BCUT2D eigenvalue weighted by Gasteiger charge is 1.91. The van der Waals surface area contributed by atoms with Gasteiger partial charge in [0.25, 0.3) is 0 Å². The zero-order valence-corrected chi connectivity index (χ0v) is 9.80. The maximum Gasteiger partial charge on any atom is 0.100 e. The molecule has 0 aliphatic rings. The number of nitrogens with one attached hydrogen (secondary N) is 1. The highest BCUT2D eigenvalue weighted by Crippen LogP contribution is 2.10. The number of rotatable bonds is 3. The molecule has 0 amide bonds. The molecule has 0 aliphatic carbocycles. The van der Waals surface area contributed by atoms with Crippen molar-refractivity contribution in [1.82, 2.24) is 5.32 Å². The Kier molecular flexibility index (Phi) is 8.88. The second-order valence-electron chi connectivity index (χ2n) is 2.87. The second kappa shape index (κ2) is 9.53. The van der Waals surface area contributed by atoms with Gasteiger partial charge in [0.1, 0.15) is 6.07 Å². The summed E-state index contributed by atoms with van der Waals surface area (Å²) < 4.78 is 0. The van der Waals surface area contributed by atoms with Crippen molar-refractivity contribution >= 4 is 12.6 Å². The topological polar surface area (TPSA) is 61.8 Å². The van der Waals surface area contributed by atoms with E-state index in [9.17, 15) is 0 Å². The Morgan fingerprint density at radius 1 is 1.47 bits per heavy atom. The van der Waals surface area contributed by atoms with Gasteiger partial charge in [0.15, 0.2) is 0 Å². The molecule has 0 saturated heterocycles. The fourth-order valence-electron chi connectivity index (χ4n) is 0.847. The first kappa shape index (κ1) is 14.0. The van der Waals surface area contributed by atoms with Gasteiger partial charge >= 0.3 is 0 Å². The van der Waals surface area contributed by atoms with Gasteiger partial charge < -0.3 is 11.1 Å². The van der Waals surface area contributed by atoms with E-state index in [2.05, 4.69) is 17.9 Å². The van der Waals surface area contributed by atoms with Crippen molar-refractivity contribution in [2.45, 2.75) is 11.3 Å². The largest absolute Gasteiger partial charge is 0.330 e. The normalized spacial score (nSPS) is 8.67. The van der Waals surface area contributed by atoms with Crippen molar-refractivity contribution < 1.29 is 0 Å². The van der Waals surface area contributed by atoms with Crippen molar-refractivity contribution in [3.63, 3.8) is 0 Å². The van der Waals surface area contributed by atoms with E-state index < -0.39 is 0 Å². The van der Waals surface area contributed by atoms with E-state index in [1.807, 2.05) is 25.2 Å². The van der Waals surface area contributed by atoms with Gasteiger partial charge in [-0.2, -0.15) is 5.26 Å². The molecule has 0 heterocycles. The van der Waals surface area contributed by atoms with Crippen LogP contribution in [0.5, 0.6) is 0 Å². The minimum Gasteiger partial charge on any atom is -0.330 e. The molecule has 1 rings (SSSR count). The SMILES string of the molecule is CNCCCN.N#Cc1ccccc1S. The van der Waals surface area contributed by atoms with Gasteiger partial charge in [-0.05, 0) is 38.7 Å². The standard InChI is InChI=1S/C7H5NS.C4H12N2/c8-5-6-3-1-2-4-7(6)9;1-6-4-2-3-5/h1-4,9H;6H,2-5H2,1H3. The van der Waals surface area contributed by atoms with Crippen LogP contribution in [0.4, 0.5) is 0 Å². The Morgan fingerprint density at radius 2 is 2.13 bits per heavy atom. The maximum absolute atomic E-state index is 8.42. The molecule has 0 bridgehead atoms. The van der Waals surface area contributed by atoms with E-state index in [0.29, 0.717) is 5.56 Å². The first-order valence-electron chi connectivity index (χ1n) is 4.79. The number of nitrogens with zero attached hydrogens (tertiary/aromatic N) is 1. The van der Waals surface area contributed by atoms with E-state index >= 15 is 0 Å². The molecule has 3 N–H and O–H groups in total. The lowest BCUT2D eigenvalue weighted by molar-refractivity contribution is 0.733. The van der Waals surface area contributed by atoms with Gasteiger partial charge in [-0.25, -0.2) is 0 Å². The van der Waals surface area contributed by atoms with Crippen LogP contribution in [0.1, 0.15) is 12.0 Å². The van der Waals surface area contributed by atoms with Crippen LogP contribution in [0.3, 0.4) is 0 Å². The van der Waals surface area contributed by atoms with Crippen LogP contribution in [-0.4, -0.2) is 20.1 Å². The lowest BCUT2D eigenvalue weighted by Crippen LogP contribution is -2.12. The third-order valence-electron chi connectivity index (χ3n) is 1.66. The lowest BCUT2D eigenvalue weighted by Gasteiger charge is -1.90. The molecule has 3 nitrogen and oxygen atoms in total. The van der Waals surface area contributed by atoms with Gasteiger partial charge in [-0.15, -0.1) is 12.6 Å². The van der Waals surface area contributed by atoms with Crippen molar-refractivity contribution in [2.75, 3.05) is 20.1 Å². The Labute approximate surface area is 96.7 Å². The Morgan fingerprint density at radius 3 is 2.47 bits per heavy atom. The Hall–Kier alpha value is -1.02. The van der Waals surface area contributed by atoms with Gasteiger partial charge in [-0.3, -0.25) is 0 Å². The van der Waals surface area contributed by atoms with Crippen LogP contribution >= 0.6 is 12.6 Å². The number of benzene rings is 1. The Bertz CT molecular complexity index is 303. The fraction of sp³-hybridized carbons (Fsp3) is 0.364. The molecule has 4 heteroatoms. The summed E-state index contributed by atoms with van der Waals surface area (Å²) in [5.74, 6) is 0. The van der Waals surface area contributed by atoms with Crippen LogP contribution in [0.2, 0.25) is 0 Å². The molecule has 0 radical (unpaired) electrons. The summed E-state index contributed by atoms with van der Waals surface area (Å²) in [6.45, 7) is 1.83. The summed E-state index contributed by atoms with van der Waals surface area (Å²) in [6, 6.07) is 9.22. The lowest BCUT2D eigenvalue weighted by atomic mass is 10.2. The van der Waals surface area contributed by atoms with Crippen molar-refractivity contribution in [3.8, 4) is 6.07 Å². The van der Waals surface area contributed by atoms with Gasteiger partial charge in [-0.1, -0.05) is 12.1 Å². The molecule has 0 atom stereocenters. The Balaban J connectivity index is 0.000000288. The average Bonchev–Trinajstić information content (AvgIpc) is 2.28. The summed E-state index contributed by atoms with van der Waals surface area (Å²) in [7, 11) is 1.93. The minimum absolute atomic E-state index is 0.626. The third-order valence-corrected chi connectivity index (χ3v) is 2.05. The number of hydrogen-bond donors (Lipinski definition) is 3. The van der Waals surface area contributed by atoms with Crippen molar-refractivity contribution in [3.05, 3.63) is 29.8 Å². The molecule has 0 unspecified atom stereocenters. The molecule has 0 spiro atoms. The van der Waals surface area contributed by atoms with Crippen LogP contribution in [0.15, 0.2) is 29.2 Å². The molecule has 0 aliphatic heterocycles. The summed E-state index contributed by atoms with van der Waals surface area (Å²) in [4.78, 5) is 0.736. The second-order valence-corrected chi connectivity index (χ2v) is 3.36. The number of thiol groups is 1. The zero-order valence-electron chi connectivity index (χ0n) is 8.90. The van der Waals surface area contributed by atoms with E-state index in [4.69, 9.17) is 11.0 Å². The number of hydrogen-bond acceptors (Lipinski definition) is 4. The molecule has 82 valence electrons. The molecular formula is C11H17N3S. The van der Waals surface area contributed by atoms with Crippen LogP contribution in [0, 0.1) is 11.3 Å². The maximum atomic E-state index is 8.42. The molecule has 0 fully saturated rings. The zero-order chi connectivity index (χ0) is 11.5. The minimum atomic E-state index is 0.626. The third kappa shape index (κ3) is 6.97. The van der Waals surface area contributed by atoms with Crippen LogP contribution < -0.4 is 11.1 Å². The van der Waals surface area contributed by atoms with Gasteiger partial charge in [0, 0.05) is 4.90 Å². The summed E-state index contributed by atoms with van der Waals surface area (Å²) in [6.07, 6.45) is 1.08. The van der Waals surface area contributed by atoms with E-state index in [-0.39, 0.29) is 0 Å². The highest BCUT2D eigenvalue weighted by atomic mass is 32.1. The van der Waals surface area contributed by atoms with Crippen LogP contribution in [0.25, 0.3) is 0 Å². The first-order valence-corrected chi connectivity index (χ1v) is 5.23. The molecule has 0 saturated carbocycles. The number of nitriles is 1. The monoisotopic (exact) mass is 223 g/mol. The summed E-state index contributed by atoms with van der Waals surface area (Å²) >= 11 is 4.06. The quantitative estimate of drug-likeness (QED) is 0.536. The van der Waals surface area contributed by atoms with E-state index in [1.54, 1.807) is 12.1 Å². The molecular weight excluding hydrogens is 206 g/mol. The predicted molar refractivity (Wildman–Crippen MR) is 66.0 cm³/mol. The highest BCUT2D eigenvalue weighted by molar-refractivity contribution is 7.80. The number of nitrogens with two attached hydrogens (primary N) is 1. The van der Waals surface area contributed by atoms with E-state index in [1.165, 1.54) is 0 Å². The molecule has 1 aromatic rings. The smallest absolute Gasteiger partial charge is 0.100 e. The van der Waals surface area contributed by atoms with Gasteiger partial charge in [0.2, 0.25) is 0 Å².